The molecule has 1 aliphatic rings. The number of nitrogens with one attached hydrogen (secondary N) is 1. The molecule has 9 heteroatoms. The maximum atomic E-state index is 12.9. The third-order valence-electron chi connectivity index (χ3n) is 4.35. The number of aromatic nitrogens is 2. The summed E-state index contributed by atoms with van der Waals surface area (Å²) in [5.74, 6) is 0.685. The molecular formula is C18H20F3N3O3. The van der Waals surface area contributed by atoms with Gasteiger partial charge in [0.2, 0.25) is 0 Å². The lowest BCUT2D eigenvalue weighted by molar-refractivity contribution is -0.141. The normalized spacial score (nSPS) is 14.1. The molecule has 0 unspecified atom stereocenters. The molecule has 1 amide bonds. The van der Waals surface area contributed by atoms with Crippen LogP contribution < -0.4 is 14.8 Å². The maximum absolute atomic E-state index is 12.9. The third-order valence-corrected chi connectivity index (χ3v) is 4.35. The summed E-state index contributed by atoms with van der Waals surface area (Å²) >= 11 is 0. The molecule has 1 aliphatic carbocycles. The fourth-order valence-corrected chi connectivity index (χ4v) is 2.81. The number of rotatable bonds is 7. The molecule has 0 aliphatic heterocycles. The number of methoxy groups -OCH3 is 2. The number of carbonyl (C=O) groups is 1. The highest BCUT2D eigenvalue weighted by atomic mass is 19.4. The average Bonchev–Trinajstić information content (AvgIpc) is 3.39. The van der Waals surface area contributed by atoms with Gasteiger partial charge < -0.3 is 14.8 Å². The summed E-state index contributed by atoms with van der Waals surface area (Å²) in [6, 6.07) is 5.84. The van der Waals surface area contributed by atoms with Crippen molar-refractivity contribution in [2.75, 3.05) is 20.8 Å². The number of carbonyl (C=O) groups excluding carboxylic acids is 1. The van der Waals surface area contributed by atoms with Crippen LogP contribution in [0, 0.1) is 0 Å². The van der Waals surface area contributed by atoms with Crippen LogP contribution in [0.3, 0.4) is 0 Å². The number of nitrogens with zero attached hydrogens (tertiary/aromatic N) is 2. The maximum Gasteiger partial charge on any atom is 0.435 e. The Morgan fingerprint density at radius 3 is 2.52 bits per heavy atom. The summed E-state index contributed by atoms with van der Waals surface area (Å²) in [4.78, 5) is 12.3. The zero-order valence-electron chi connectivity index (χ0n) is 15.0. The van der Waals surface area contributed by atoms with E-state index >= 15 is 0 Å². The van der Waals surface area contributed by atoms with Crippen molar-refractivity contribution in [3.05, 3.63) is 41.2 Å². The van der Waals surface area contributed by atoms with Crippen LogP contribution in [0.15, 0.2) is 24.3 Å². The lowest BCUT2D eigenvalue weighted by Gasteiger charge is -2.11. The predicted molar refractivity (Wildman–Crippen MR) is 91.1 cm³/mol. The quantitative estimate of drug-likeness (QED) is 0.797. The zero-order valence-corrected chi connectivity index (χ0v) is 15.0. The van der Waals surface area contributed by atoms with E-state index in [-0.39, 0.29) is 24.9 Å². The molecule has 1 saturated carbocycles. The van der Waals surface area contributed by atoms with E-state index < -0.39 is 11.9 Å². The molecule has 1 fully saturated rings. The number of benzene rings is 1. The molecular weight excluding hydrogens is 363 g/mol. The Hall–Kier alpha value is -2.71. The first-order valence-electron chi connectivity index (χ1n) is 8.48. The summed E-state index contributed by atoms with van der Waals surface area (Å²) in [7, 11) is 2.96. The highest BCUT2D eigenvalue weighted by molar-refractivity contribution is 5.94. The van der Waals surface area contributed by atoms with E-state index in [1.165, 1.54) is 18.9 Å². The topological polar surface area (TPSA) is 65.4 Å². The van der Waals surface area contributed by atoms with E-state index in [1.807, 2.05) is 0 Å². The van der Waals surface area contributed by atoms with Gasteiger partial charge in [-0.25, -0.2) is 0 Å². The van der Waals surface area contributed by atoms with Gasteiger partial charge in [0, 0.05) is 23.7 Å². The van der Waals surface area contributed by atoms with Crippen LogP contribution in [-0.2, 0) is 12.7 Å². The van der Waals surface area contributed by atoms with Crippen LogP contribution in [0.4, 0.5) is 13.2 Å². The van der Waals surface area contributed by atoms with Crippen LogP contribution in [0.2, 0.25) is 0 Å². The first-order valence-corrected chi connectivity index (χ1v) is 8.48. The van der Waals surface area contributed by atoms with Gasteiger partial charge in [-0.3, -0.25) is 9.48 Å². The van der Waals surface area contributed by atoms with Crippen LogP contribution in [-0.4, -0.2) is 36.5 Å². The van der Waals surface area contributed by atoms with Crippen molar-refractivity contribution in [3.8, 4) is 11.5 Å². The molecule has 146 valence electrons. The van der Waals surface area contributed by atoms with Crippen molar-refractivity contribution in [2.45, 2.75) is 31.5 Å². The van der Waals surface area contributed by atoms with Gasteiger partial charge in [0.25, 0.3) is 5.91 Å². The smallest absolute Gasteiger partial charge is 0.435 e. The number of hydrogen-bond acceptors (Lipinski definition) is 4. The number of amides is 1. The second-order valence-corrected chi connectivity index (χ2v) is 6.28. The molecule has 0 saturated heterocycles. The Morgan fingerprint density at radius 1 is 1.22 bits per heavy atom. The Morgan fingerprint density at radius 2 is 1.93 bits per heavy atom. The molecule has 3 rings (SSSR count). The van der Waals surface area contributed by atoms with E-state index in [0.29, 0.717) is 22.8 Å². The second kappa shape index (κ2) is 7.50. The third kappa shape index (κ3) is 4.35. The SMILES string of the molecule is COc1ccc(C(=O)NCCn2nc(C(F)(F)F)cc2C2CC2)cc1OC. The largest absolute Gasteiger partial charge is 0.493 e. The molecule has 2 aromatic rings. The summed E-state index contributed by atoms with van der Waals surface area (Å²) < 4.78 is 50.3. The molecule has 1 aromatic heterocycles. The van der Waals surface area contributed by atoms with Gasteiger partial charge in [0.15, 0.2) is 17.2 Å². The van der Waals surface area contributed by atoms with Crippen molar-refractivity contribution < 1.29 is 27.4 Å². The van der Waals surface area contributed by atoms with E-state index in [2.05, 4.69) is 10.4 Å². The lowest BCUT2D eigenvalue weighted by Crippen LogP contribution is -2.28. The van der Waals surface area contributed by atoms with Gasteiger partial charge in [-0.05, 0) is 37.1 Å². The first-order chi connectivity index (χ1) is 12.8. The summed E-state index contributed by atoms with van der Waals surface area (Å²) in [5.41, 5.74) is 0.0461. The highest BCUT2D eigenvalue weighted by Gasteiger charge is 2.37. The van der Waals surface area contributed by atoms with E-state index in [9.17, 15) is 18.0 Å². The average molecular weight is 383 g/mol. The zero-order chi connectivity index (χ0) is 19.6. The number of halogens is 3. The van der Waals surface area contributed by atoms with Crippen molar-refractivity contribution >= 4 is 5.91 Å². The number of ether oxygens (including phenoxy) is 2. The van der Waals surface area contributed by atoms with Crippen molar-refractivity contribution in [1.29, 1.82) is 0 Å². The van der Waals surface area contributed by atoms with Crippen LogP contribution >= 0.6 is 0 Å². The molecule has 0 bridgehead atoms. The highest BCUT2D eigenvalue weighted by Crippen LogP contribution is 2.42. The van der Waals surface area contributed by atoms with Crippen molar-refractivity contribution in [3.63, 3.8) is 0 Å². The van der Waals surface area contributed by atoms with Crippen LogP contribution in [0.5, 0.6) is 11.5 Å². The number of alkyl halides is 3. The molecule has 0 atom stereocenters. The Bertz CT molecular complexity index is 829. The lowest BCUT2D eigenvalue weighted by atomic mass is 10.2. The van der Waals surface area contributed by atoms with Gasteiger partial charge in [0.05, 0.1) is 20.8 Å². The van der Waals surface area contributed by atoms with E-state index in [1.54, 1.807) is 18.2 Å². The van der Waals surface area contributed by atoms with Crippen LogP contribution in [0.1, 0.15) is 40.5 Å². The fraction of sp³-hybridized carbons (Fsp3) is 0.444. The fourth-order valence-electron chi connectivity index (χ4n) is 2.81. The molecule has 1 N–H and O–H groups in total. The molecule has 1 heterocycles. The van der Waals surface area contributed by atoms with Crippen molar-refractivity contribution in [1.82, 2.24) is 15.1 Å². The van der Waals surface area contributed by atoms with Gasteiger partial charge in [0.1, 0.15) is 0 Å². The number of hydrogen-bond donors (Lipinski definition) is 1. The minimum Gasteiger partial charge on any atom is -0.493 e. The standard InChI is InChI=1S/C18H20F3N3O3/c1-26-14-6-5-12(9-15(14)27-2)17(25)22-7-8-24-13(11-3-4-11)10-16(23-24)18(19,20)21/h5-6,9-11H,3-4,7-8H2,1-2H3,(H,22,25). The van der Waals surface area contributed by atoms with Gasteiger partial charge in [-0.2, -0.15) is 18.3 Å². The van der Waals surface area contributed by atoms with E-state index in [0.717, 1.165) is 18.9 Å². The molecule has 0 radical (unpaired) electrons. The molecule has 6 nitrogen and oxygen atoms in total. The molecule has 27 heavy (non-hydrogen) atoms. The Kier molecular flexibility index (Phi) is 5.29. The molecule has 0 spiro atoms. The Balaban J connectivity index is 1.64. The monoisotopic (exact) mass is 383 g/mol. The minimum atomic E-state index is -4.47. The van der Waals surface area contributed by atoms with E-state index in [4.69, 9.17) is 9.47 Å². The summed E-state index contributed by atoms with van der Waals surface area (Å²) in [6.07, 6.45) is -2.75. The van der Waals surface area contributed by atoms with Crippen molar-refractivity contribution in [2.24, 2.45) is 0 Å². The van der Waals surface area contributed by atoms with Crippen LogP contribution in [0.25, 0.3) is 0 Å². The summed E-state index contributed by atoms with van der Waals surface area (Å²) in [6.45, 7) is 0.326. The first kappa shape index (κ1) is 19.1. The minimum absolute atomic E-state index is 0.121. The van der Waals surface area contributed by atoms with Gasteiger partial charge in [-0.15, -0.1) is 0 Å². The van der Waals surface area contributed by atoms with Gasteiger partial charge >= 0.3 is 6.18 Å². The van der Waals surface area contributed by atoms with Gasteiger partial charge in [-0.1, -0.05) is 0 Å². The second-order valence-electron chi connectivity index (χ2n) is 6.28. The molecule has 1 aromatic carbocycles. The summed E-state index contributed by atoms with van der Waals surface area (Å²) in [5, 5.41) is 6.36. The Labute approximate surface area is 154 Å². The predicted octanol–water partition coefficient (Wildman–Crippen LogP) is 3.23.